The molecule has 1 rings (SSSR count). The van der Waals surface area contributed by atoms with E-state index in [-0.39, 0.29) is 18.0 Å². The third-order valence-electron chi connectivity index (χ3n) is 2.03. The van der Waals surface area contributed by atoms with Gasteiger partial charge in [0.05, 0.1) is 0 Å². The van der Waals surface area contributed by atoms with E-state index in [9.17, 15) is 14.0 Å². The number of halogens is 2. The molecule has 0 unspecified atom stereocenters. The maximum Gasteiger partial charge on any atom is 0.287 e. The van der Waals surface area contributed by atoms with Gasteiger partial charge in [-0.3, -0.25) is 9.59 Å². The molecule has 1 N–H and O–H groups in total. The Kier molecular flexibility index (Phi) is 4.43. The van der Waals surface area contributed by atoms with E-state index in [2.05, 4.69) is 5.32 Å². The Morgan fingerprint density at radius 2 is 2.12 bits per heavy atom. The molecule has 0 spiro atoms. The second-order valence-corrected chi connectivity index (χ2v) is 3.63. The maximum absolute atomic E-state index is 13.3. The summed E-state index contributed by atoms with van der Waals surface area (Å²) in [5, 5.41) is 2.63. The smallest absolute Gasteiger partial charge is 0.287 e. The van der Waals surface area contributed by atoms with E-state index in [0.717, 1.165) is 6.07 Å². The molecular weight excluding hydrogens is 233 g/mol. The molecule has 0 saturated heterocycles. The summed E-state index contributed by atoms with van der Waals surface area (Å²) in [6.45, 7) is 1.57. The van der Waals surface area contributed by atoms with Gasteiger partial charge in [-0.25, -0.2) is 4.39 Å². The van der Waals surface area contributed by atoms with Gasteiger partial charge in [0.1, 0.15) is 5.82 Å². The first-order valence-corrected chi connectivity index (χ1v) is 5.17. The van der Waals surface area contributed by atoms with Gasteiger partial charge < -0.3 is 5.32 Å². The van der Waals surface area contributed by atoms with Crippen molar-refractivity contribution in [3.05, 3.63) is 34.6 Å². The lowest BCUT2D eigenvalue weighted by molar-refractivity contribution is -0.137. The second-order valence-electron chi connectivity index (χ2n) is 3.20. The Hall–Kier alpha value is -1.42. The SMILES string of the molecule is CCC(=O)C(=O)NCc1ccc(Cl)cc1F. The Balaban J connectivity index is 2.61. The third-order valence-corrected chi connectivity index (χ3v) is 2.26. The van der Waals surface area contributed by atoms with Gasteiger partial charge in [0.2, 0.25) is 5.78 Å². The number of hydrogen-bond acceptors (Lipinski definition) is 2. The van der Waals surface area contributed by atoms with E-state index in [4.69, 9.17) is 11.6 Å². The van der Waals surface area contributed by atoms with Crippen LogP contribution in [0.15, 0.2) is 18.2 Å². The summed E-state index contributed by atoms with van der Waals surface area (Å²) >= 11 is 5.57. The van der Waals surface area contributed by atoms with Crippen LogP contribution in [0.25, 0.3) is 0 Å². The zero-order valence-corrected chi connectivity index (χ0v) is 9.47. The third kappa shape index (κ3) is 3.31. The molecule has 1 amide bonds. The van der Waals surface area contributed by atoms with Crippen LogP contribution >= 0.6 is 11.6 Å². The van der Waals surface area contributed by atoms with Crippen molar-refractivity contribution >= 4 is 23.3 Å². The molecule has 0 atom stereocenters. The average Bonchev–Trinajstić information content (AvgIpc) is 2.26. The predicted molar refractivity (Wildman–Crippen MR) is 58.6 cm³/mol. The van der Waals surface area contributed by atoms with Gasteiger partial charge in [0.25, 0.3) is 5.91 Å². The topological polar surface area (TPSA) is 46.2 Å². The second kappa shape index (κ2) is 5.61. The van der Waals surface area contributed by atoms with Crippen LogP contribution in [0.4, 0.5) is 4.39 Å². The molecule has 0 aliphatic rings. The van der Waals surface area contributed by atoms with E-state index < -0.39 is 17.5 Å². The van der Waals surface area contributed by atoms with Gasteiger partial charge >= 0.3 is 0 Å². The Morgan fingerprint density at radius 3 is 2.69 bits per heavy atom. The van der Waals surface area contributed by atoms with Crippen molar-refractivity contribution in [2.24, 2.45) is 0 Å². The summed E-state index contributed by atoms with van der Waals surface area (Å²) in [6.07, 6.45) is 0.134. The quantitative estimate of drug-likeness (QED) is 0.823. The van der Waals surface area contributed by atoms with Gasteiger partial charge in [-0.15, -0.1) is 0 Å². The van der Waals surface area contributed by atoms with Crippen molar-refractivity contribution in [3.63, 3.8) is 0 Å². The molecule has 3 nitrogen and oxygen atoms in total. The van der Waals surface area contributed by atoms with Crippen LogP contribution < -0.4 is 5.32 Å². The van der Waals surface area contributed by atoms with Gasteiger partial charge in [0.15, 0.2) is 0 Å². The van der Waals surface area contributed by atoms with Crippen molar-refractivity contribution in [2.75, 3.05) is 0 Å². The number of carbonyl (C=O) groups excluding carboxylic acids is 2. The van der Waals surface area contributed by atoms with Gasteiger partial charge in [0, 0.05) is 23.6 Å². The molecule has 0 aliphatic heterocycles. The number of carbonyl (C=O) groups is 2. The molecule has 86 valence electrons. The molecule has 5 heteroatoms. The van der Waals surface area contributed by atoms with E-state index in [1.807, 2.05) is 0 Å². The summed E-state index contributed by atoms with van der Waals surface area (Å²) in [4.78, 5) is 22.1. The lowest BCUT2D eigenvalue weighted by atomic mass is 10.2. The number of Topliss-reactive ketones (excluding diaryl/α,β-unsaturated/α-hetero) is 1. The van der Waals surface area contributed by atoms with Crippen LogP contribution in [0.5, 0.6) is 0 Å². The molecule has 0 aliphatic carbocycles. The van der Waals surface area contributed by atoms with E-state index in [0.29, 0.717) is 5.56 Å². The summed E-state index contributed by atoms with van der Waals surface area (Å²) in [7, 11) is 0. The molecule has 0 saturated carbocycles. The highest BCUT2D eigenvalue weighted by Crippen LogP contribution is 2.14. The van der Waals surface area contributed by atoms with Gasteiger partial charge in [-0.05, 0) is 12.1 Å². The standard InChI is InChI=1S/C11H11ClFNO2/c1-2-10(15)11(16)14-6-7-3-4-8(12)5-9(7)13/h3-5H,2,6H2,1H3,(H,14,16). The van der Waals surface area contributed by atoms with Crippen molar-refractivity contribution < 1.29 is 14.0 Å². The largest absolute Gasteiger partial charge is 0.345 e. The number of hydrogen-bond donors (Lipinski definition) is 1. The lowest BCUT2D eigenvalue weighted by Crippen LogP contribution is -2.30. The fourth-order valence-corrected chi connectivity index (χ4v) is 1.26. The number of amides is 1. The Labute approximate surface area is 97.6 Å². The molecule has 0 fully saturated rings. The van der Waals surface area contributed by atoms with E-state index in [1.54, 1.807) is 6.92 Å². The predicted octanol–water partition coefficient (Wildman–Crippen LogP) is 2.07. The number of nitrogens with one attached hydrogen (secondary N) is 1. The highest BCUT2D eigenvalue weighted by molar-refractivity contribution is 6.36. The van der Waals surface area contributed by atoms with Crippen molar-refractivity contribution in [3.8, 4) is 0 Å². The fraction of sp³-hybridized carbons (Fsp3) is 0.273. The maximum atomic E-state index is 13.3. The Morgan fingerprint density at radius 1 is 1.44 bits per heavy atom. The number of rotatable bonds is 4. The highest BCUT2D eigenvalue weighted by atomic mass is 35.5. The molecular formula is C11H11ClFNO2. The molecule has 1 aromatic carbocycles. The van der Waals surface area contributed by atoms with Crippen LogP contribution in [0, 0.1) is 5.82 Å². The zero-order valence-electron chi connectivity index (χ0n) is 8.72. The van der Waals surface area contributed by atoms with Crippen molar-refractivity contribution in [1.82, 2.24) is 5.32 Å². The van der Waals surface area contributed by atoms with E-state index in [1.165, 1.54) is 12.1 Å². The molecule has 0 radical (unpaired) electrons. The first-order valence-electron chi connectivity index (χ1n) is 4.79. The minimum atomic E-state index is -0.697. The van der Waals surface area contributed by atoms with Gasteiger partial charge in [-0.1, -0.05) is 24.6 Å². The monoisotopic (exact) mass is 243 g/mol. The van der Waals surface area contributed by atoms with Crippen LogP contribution in [-0.4, -0.2) is 11.7 Å². The molecule has 16 heavy (non-hydrogen) atoms. The number of benzene rings is 1. The molecule has 1 aromatic rings. The normalized spacial score (nSPS) is 9.94. The van der Waals surface area contributed by atoms with Crippen molar-refractivity contribution in [1.29, 1.82) is 0 Å². The minimum Gasteiger partial charge on any atom is -0.345 e. The summed E-state index contributed by atoms with van der Waals surface area (Å²) < 4.78 is 13.3. The molecule has 0 aromatic heterocycles. The first-order chi connectivity index (χ1) is 7.54. The van der Waals surface area contributed by atoms with Crippen LogP contribution in [0.2, 0.25) is 5.02 Å². The van der Waals surface area contributed by atoms with Crippen LogP contribution in [-0.2, 0) is 16.1 Å². The van der Waals surface area contributed by atoms with Crippen LogP contribution in [0.1, 0.15) is 18.9 Å². The summed E-state index contributed by atoms with van der Waals surface area (Å²) in [6, 6.07) is 4.15. The summed E-state index contributed by atoms with van der Waals surface area (Å²) in [5.41, 5.74) is 0.293. The Bertz CT molecular complexity index is 420. The fourth-order valence-electron chi connectivity index (χ4n) is 1.10. The van der Waals surface area contributed by atoms with Gasteiger partial charge in [-0.2, -0.15) is 0 Å². The zero-order chi connectivity index (χ0) is 12.1. The lowest BCUT2D eigenvalue weighted by Gasteiger charge is -2.05. The molecule has 0 bridgehead atoms. The van der Waals surface area contributed by atoms with Crippen molar-refractivity contribution in [2.45, 2.75) is 19.9 Å². The summed E-state index contributed by atoms with van der Waals surface area (Å²) in [5.74, 6) is -1.72. The molecule has 0 heterocycles. The van der Waals surface area contributed by atoms with E-state index >= 15 is 0 Å². The highest BCUT2D eigenvalue weighted by Gasteiger charge is 2.11. The number of ketones is 1. The minimum absolute atomic E-state index is 0.0203. The first kappa shape index (κ1) is 12.6. The van der Waals surface area contributed by atoms with Crippen LogP contribution in [0.3, 0.4) is 0 Å². The average molecular weight is 244 g/mol.